The van der Waals surface area contributed by atoms with Gasteiger partial charge in [-0.15, -0.1) is 68.9 Å². The molecule has 0 N–H and O–H groups in total. The Kier molecular flexibility index (Phi) is 4.01. The maximum Gasteiger partial charge on any atom is 0.152 e. The Bertz CT molecular complexity index is 744. The molecule has 0 unspecified atom stereocenters. The maximum atomic E-state index is 5.34. The molecule has 4 bridgehead atoms. The van der Waals surface area contributed by atoms with E-state index in [0.29, 0.717) is 0 Å². The van der Waals surface area contributed by atoms with Crippen molar-refractivity contribution in [2.45, 2.75) is 19.9 Å². The first kappa shape index (κ1) is 13.9. The molecule has 3 aromatic rings. The Balaban J connectivity index is 1.79. The van der Waals surface area contributed by atoms with E-state index in [9.17, 15) is 0 Å². The van der Waals surface area contributed by atoms with Crippen molar-refractivity contribution in [2.75, 3.05) is 0 Å². The van der Waals surface area contributed by atoms with Crippen LogP contribution in [0.3, 0.4) is 0 Å². The standard InChI is InChI=1S/C11H6N2S7/c14-11-19-9-10(20-11)18-4-6-2-16-8(13-6)7-12-5(1-15-7)3-17-9/h1-2H,3-4H2. The molecule has 4 rings (SSSR count). The third-order valence-electron chi connectivity index (χ3n) is 2.51. The van der Waals surface area contributed by atoms with Crippen molar-refractivity contribution in [3.05, 3.63) is 25.3 Å². The predicted molar refractivity (Wildman–Crippen MR) is 95.4 cm³/mol. The van der Waals surface area contributed by atoms with Crippen LogP contribution in [0.4, 0.5) is 0 Å². The summed E-state index contributed by atoms with van der Waals surface area (Å²) in [5.74, 6) is 1.81. The van der Waals surface area contributed by atoms with Crippen LogP contribution in [0.25, 0.3) is 10.0 Å². The van der Waals surface area contributed by atoms with E-state index < -0.39 is 0 Å². The van der Waals surface area contributed by atoms with Gasteiger partial charge in [0.1, 0.15) is 3.14 Å². The Morgan fingerprint density at radius 2 is 1.35 bits per heavy atom. The lowest BCUT2D eigenvalue weighted by atomic mass is 10.5. The van der Waals surface area contributed by atoms with Crippen LogP contribution in [0, 0.1) is 3.14 Å². The van der Waals surface area contributed by atoms with Crippen molar-refractivity contribution < 1.29 is 0 Å². The molecule has 1 aliphatic heterocycles. The molecular weight excluding hydrogens is 385 g/mol. The smallest absolute Gasteiger partial charge is 0.152 e. The summed E-state index contributed by atoms with van der Waals surface area (Å²) in [4.78, 5) is 9.38. The molecule has 20 heavy (non-hydrogen) atoms. The fourth-order valence-corrected chi connectivity index (χ4v) is 9.44. The normalized spacial score (nSPS) is 14.4. The fraction of sp³-hybridized carbons (Fsp3) is 0.182. The lowest BCUT2D eigenvalue weighted by Gasteiger charge is -2.01. The molecule has 3 aromatic heterocycles. The second kappa shape index (κ2) is 5.79. The molecule has 0 spiro atoms. The molecule has 4 heterocycles. The quantitative estimate of drug-likeness (QED) is 0.437. The molecule has 0 radical (unpaired) electrons. The zero-order valence-electron chi connectivity index (χ0n) is 9.82. The van der Waals surface area contributed by atoms with E-state index in [1.54, 1.807) is 45.3 Å². The average Bonchev–Trinajstić information content (AvgIpc) is 3.12. The van der Waals surface area contributed by atoms with Crippen LogP contribution < -0.4 is 0 Å². The zero-order chi connectivity index (χ0) is 13.5. The van der Waals surface area contributed by atoms with Crippen LogP contribution in [0.5, 0.6) is 0 Å². The highest BCUT2D eigenvalue weighted by atomic mass is 32.2. The summed E-state index contributed by atoms with van der Waals surface area (Å²) in [6, 6.07) is 0. The van der Waals surface area contributed by atoms with Crippen molar-refractivity contribution in [3.63, 3.8) is 0 Å². The summed E-state index contributed by atoms with van der Waals surface area (Å²) in [6.45, 7) is 0. The SMILES string of the molecule is S=c1sc2c(s1)SCc1csc(n1)-c1nc(cs1)CS2. The highest BCUT2D eigenvalue weighted by molar-refractivity contribution is 8.04. The third-order valence-corrected chi connectivity index (χ3v) is 10.1. The van der Waals surface area contributed by atoms with E-state index in [1.165, 1.54) is 8.42 Å². The van der Waals surface area contributed by atoms with Crippen LogP contribution in [-0.4, -0.2) is 9.97 Å². The number of thioether (sulfide) groups is 2. The highest BCUT2D eigenvalue weighted by Gasteiger charge is 2.15. The van der Waals surface area contributed by atoms with Crippen LogP contribution in [0.2, 0.25) is 0 Å². The maximum absolute atomic E-state index is 5.34. The zero-order valence-corrected chi connectivity index (χ0v) is 15.5. The third kappa shape index (κ3) is 2.77. The number of fused-ring (bicyclic) bond motifs is 6. The largest absolute Gasteiger partial charge is 0.238 e. The second-order valence-electron chi connectivity index (χ2n) is 3.89. The van der Waals surface area contributed by atoms with Crippen molar-refractivity contribution in [3.8, 4) is 10.0 Å². The molecular formula is C11H6N2S7. The van der Waals surface area contributed by atoms with Crippen molar-refractivity contribution >= 4 is 81.1 Å². The summed E-state index contributed by atoms with van der Waals surface area (Å²) in [6.07, 6.45) is 0. The van der Waals surface area contributed by atoms with Crippen molar-refractivity contribution in [1.29, 1.82) is 0 Å². The summed E-state index contributed by atoms with van der Waals surface area (Å²) in [5, 5.41) is 6.36. The van der Waals surface area contributed by atoms with Gasteiger partial charge in [0, 0.05) is 22.3 Å². The number of nitrogens with zero attached hydrogens (tertiary/aromatic N) is 2. The van der Waals surface area contributed by atoms with Crippen LogP contribution in [-0.2, 0) is 11.5 Å². The van der Waals surface area contributed by atoms with Crippen LogP contribution >= 0.6 is 81.1 Å². The minimum absolute atomic E-state index is 0.907. The molecule has 9 heteroatoms. The van der Waals surface area contributed by atoms with Gasteiger partial charge in [-0.1, -0.05) is 12.2 Å². The molecule has 0 saturated heterocycles. The van der Waals surface area contributed by atoms with E-state index in [0.717, 1.165) is 36.0 Å². The van der Waals surface area contributed by atoms with Gasteiger partial charge >= 0.3 is 0 Å². The van der Waals surface area contributed by atoms with Gasteiger partial charge in [-0.05, 0) is 0 Å². The first-order valence-corrected chi connectivity index (χ1v) is 11.3. The van der Waals surface area contributed by atoms with Gasteiger partial charge in [0.25, 0.3) is 0 Å². The van der Waals surface area contributed by atoms with Crippen molar-refractivity contribution in [2.24, 2.45) is 0 Å². The van der Waals surface area contributed by atoms with Gasteiger partial charge < -0.3 is 0 Å². The monoisotopic (exact) mass is 390 g/mol. The Hall–Kier alpha value is 0.230. The molecule has 0 amide bonds. The Labute approximate surface area is 145 Å². The van der Waals surface area contributed by atoms with E-state index in [2.05, 4.69) is 10.8 Å². The second-order valence-corrected chi connectivity index (χ2v) is 11.3. The van der Waals surface area contributed by atoms with Gasteiger partial charge in [-0.2, -0.15) is 0 Å². The molecule has 0 fully saturated rings. The molecule has 102 valence electrons. The molecule has 0 aliphatic carbocycles. The molecule has 0 atom stereocenters. The van der Waals surface area contributed by atoms with Gasteiger partial charge in [-0.3, -0.25) is 0 Å². The molecule has 0 saturated carbocycles. The molecule has 2 nitrogen and oxygen atoms in total. The van der Waals surface area contributed by atoms with Crippen molar-refractivity contribution in [1.82, 2.24) is 9.97 Å². The predicted octanol–water partition coefficient (Wildman–Crippen LogP) is 6.02. The van der Waals surface area contributed by atoms with Crippen LogP contribution in [0.15, 0.2) is 19.2 Å². The molecule has 0 aromatic carbocycles. The number of thiazole rings is 2. The van der Waals surface area contributed by atoms with Gasteiger partial charge in [0.2, 0.25) is 0 Å². The summed E-state index contributed by atoms with van der Waals surface area (Å²) >= 11 is 15.9. The number of hydrogen-bond donors (Lipinski definition) is 0. The summed E-state index contributed by atoms with van der Waals surface area (Å²) in [7, 11) is 0. The van der Waals surface area contributed by atoms with E-state index >= 15 is 0 Å². The van der Waals surface area contributed by atoms with Crippen LogP contribution in [0.1, 0.15) is 11.4 Å². The lowest BCUT2D eigenvalue weighted by Crippen LogP contribution is -1.85. The Morgan fingerprint density at radius 3 is 1.85 bits per heavy atom. The topological polar surface area (TPSA) is 25.8 Å². The lowest BCUT2D eigenvalue weighted by molar-refractivity contribution is 1.19. The van der Waals surface area contributed by atoms with Gasteiger partial charge in [-0.25, -0.2) is 9.97 Å². The Morgan fingerprint density at radius 1 is 0.850 bits per heavy atom. The van der Waals surface area contributed by atoms with E-state index in [1.807, 2.05) is 23.5 Å². The molecule has 1 aliphatic rings. The number of rotatable bonds is 0. The van der Waals surface area contributed by atoms with E-state index in [4.69, 9.17) is 22.2 Å². The van der Waals surface area contributed by atoms with E-state index in [-0.39, 0.29) is 0 Å². The fourth-order valence-electron chi connectivity index (χ4n) is 1.65. The number of hydrogen-bond acceptors (Lipinski definition) is 9. The summed E-state index contributed by atoms with van der Waals surface area (Å²) < 4.78 is 3.66. The average molecular weight is 391 g/mol. The minimum atomic E-state index is 0.907. The minimum Gasteiger partial charge on any atom is -0.238 e. The first-order chi connectivity index (χ1) is 9.78. The first-order valence-electron chi connectivity index (χ1n) is 5.56. The van der Waals surface area contributed by atoms with Gasteiger partial charge in [0.15, 0.2) is 10.0 Å². The highest BCUT2D eigenvalue weighted by Crippen LogP contribution is 2.43. The number of aromatic nitrogens is 2. The summed E-state index contributed by atoms with van der Waals surface area (Å²) in [5.41, 5.74) is 2.26. The van der Waals surface area contributed by atoms with Gasteiger partial charge in [0.05, 0.1) is 19.8 Å².